The summed E-state index contributed by atoms with van der Waals surface area (Å²) in [6, 6.07) is 8.51. The third kappa shape index (κ3) is 2.67. The molecule has 1 unspecified atom stereocenters. The van der Waals surface area contributed by atoms with Gasteiger partial charge in [0, 0.05) is 25.5 Å². The first-order valence-electron chi connectivity index (χ1n) is 5.84. The highest BCUT2D eigenvalue weighted by Gasteiger charge is 2.22. The van der Waals surface area contributed by atoms with E-state index >= 15 is 0 Å². The number of anilines is 1. The van der Waals surface area contributed by atoms with E-state index in [1.807, 2.05) is 25.1 Å². The SMILES string of the molecule is CC(c1ccccn1)N(C)c1ncccc1[N+](=O)[O-]. The van der Waals surface area contributed by atoms with Gasteiger partial charge in [-0.25, -0.2) is 4.98 Å². The quantitative estimate of drug-likeness (QED) is 0.622. The molecule has 0 amide bonds. The fraction of sp³-hybridized carbons (Fsp3) is 0.231. The van der Waals surface area contributed by atoms with E-state index in [9.17, 15) is 10.1 Å². The van der Waals surface area contributed by atoms with E-state index in [-0.39, 0.29) is 11.7 Å². The highest BCUT2D eigenvalue weighted by Crippen LogP contribution is 2.29. The zero-order valence-electron chi connectivity index (χ0n) is 10.7. The number of aromatic nitrogens is 2. The molecule has 6 heteroatoms. The topological polar surface area (TPSA) is 72.2 Å². The largest absolute Gasteiger partial charge is 0.346 e. The van der Waals surface area contributed by atoms with Gasteiger partial charge in [-0.2, -0.15) is 0 Å². The molecule has 1 atom stereocenters. The molecule has 2 heterocycles. The number of rotatable bonds is 4. The molecule has 0 saturated carbocycles. The van der Waals surface area contributed by atoms with Gasteiger partial charge in [-0.15, -0.1) is 0 Å². The van der Waals surface area contributed by atoms with Gasteiger partial charge in [0.15, 0.2) is 0 Å². The standard InChI is InChI=1S/C13H14N4O2/c1-10(11-6-3-4-8-14-11)16(2)13-12(17(18)19)7-5-9-15-13/h3-10H,1-2H3. The van der Waals surface area contributed by atoms with E-state index < -0.39 is 4.92 Å². The summed E-state index contributed by atoms with van der Waals surface area (Å²) in [7, 11) is 1.77. The Morgan fingerprint density at radius 3 is 2.58 bits per heavy atom. The molecule has 2 aromatic heterocycles. The van der Waals surface area contributed by atoms with Crippen LogP contribution >= 0.6 is 0 Å². The number of hydrogen-bond donors (Lipinski definition) is 0. The first-order valence-corrected chi connectivity index (χ1v) is 5.84. The van der Waals surface area contributed by atoms with Gasteiger partial charge >= 0.3 is 5.69 Å². The second-order valence-corrected chi connectivity index (χ2v) is 4.14. The molecule has 6 nitrogen and oxygen atoms in total. The minimum Gasteiger partial charge on any atom is -0.346 e. The van der Waals surface area contributed by atoms with Crippen LogP contribution in [0.1, 0.15) is 18.7 Å². The van der Waals surface area contributed by atoms with Crippen molar-refractivity contribution < 1.29 is 4.92 Å². The summed E-state index contributed by atoms with van der Waals surface area (Å²) in [6.45, 7) is 1.93. The average Bonchev–Trinajstić information content (AvgIpc) is 2.46. The first kappa shape index (κ1) is 12.9. The number of nitro groups is 1. The predicted molar refractivity (Wildman–Crippen MR) is 71.9 cm³/mol. The van der Waals surface area contributed by atoms with Gasteiger partial charge in [0.2, 0.25) is 5.82 Å². The maximum atomic E-state index is 11.0. The molecule has 19 heavy (non-hydrogen) atoms. The minimum absolute atomic E-state index is 0.00668. The molecule has 0 spiro atoms. The lowest BCUT2D eigenvalue weighted by atomic mass is 10.2. The summed E-state index contributed by atoms with van der Waals surface area (Å²) in [5, 5.41) is 11.0. The number of hydrogen-bond acceptors (Lipinski definition) is 5. The Morgan fingerprint density at radius 2 is 1.95 bits per heavy atom. The average molecular weight is 258 g/mol. The maximum Gasteiger partial charge on any atom is 0.311 e. The molecule has 0 radical (unpaired) electrons. The summed E-state index contributed by atoms with van der Waals surface area (Å²) in [5.41, 5.74) is 0.831. The van der Waals surface area contributed by atoms with Crippen molar-refractivity contribution in [1.29, 1.82) is 0 Å². The zero-order valence-corrected chi connectivity index (χ0v) is 10.7. The van der Waals surface area contributed by atoms with Crippen LogP contribution in [0, 0.1) is 10.1 Å². The predicted octanol–water partition coefficient (Wildman–Crippen LogP) is 2.58. The van der Waals surface area contributed by atoms with Crippen LogP contribution in [0.2, 0.25) is 0 Å². The number of nitrogens with zero attached hydrogens (tertiary/aromatic N) is 4. The molecule has 0 N–H and O–H groups in total. The summed E-state index contributed by atoms with van der Waals surface area (Å²) in [4.78, 5) is 20.7. The Morgan fingerprint density at radius 1 is 1.21 bits per heavy atom. The Balaban J connectivity index is 2.34. The molecule has 98 valence electrons. The van der Waals surface area contributed by atoms with Gasteiger partial charge in [-0.3, -0.25) is 15.1 Å². The zero-order chi connectivity index (χ0) is 13.8. The number of pyridine rings is 2. The van der Waals surface area contributed by atoms with E-state index in [4.69, 9.17) is 0 Å². The molecule has 0 aromatic carbocycles. The molecule has 2 rings (SSSR count). The summed E-state index contributed by atoms with van der Waals surface area (Å²) in [5.74, 6) is 0.339. The fourth-order valence-corrected chi connectivity index (χ4v) is 1.81. The van der Waals surface area contributed by atoms with Crippen molar-refractivity contribution >= 4 is 11.5 Å². The minimum atomic E-state index is -0.427. The molecule has 0 aliphatic carbocycles. The van der Waals surface area contributed by atoms with E-state index in [1.165, 1.54) is 6.07 Å². The molecule has 0 saturated heterocycles. The van der Waals surface area contributed by atoms with Crippen LogP contribution in [-0.4, -0.2) is 21.9 Å². The third-order valence-corrected chi connectivity index (χ3v) is 2.99. The van der Waals surface area contributed by atoms with Crippen LogP contribution in [0.4, 0.5) is 11.5 Å². The van der Waals surface area contributed by atoms with Crippen molar-refractivity contribution in [2.75, 3.05) is 11.9 Å². The fourth-order valence-electron chi connectivity index (χ4n) is 1.81. The second-order valence-electron chi connectivity index (χ2n) is 4.14. The second kappa shape index (κ2) is 5.43. The maximum absolute atomic E-state index is 11.0. The highest BCUT2D eigenvalue weighted by molar-refractivity contribution is 5.57. The Labute approximate surface area is 110 Å². The lowest BCUT2D eigenvalue weighted by Crippen LogP contribution is -2.24. The van der Waals surface area contributed by atoms with Crippen molar-refractivity contribution in [1.82, 2.24) is 9.97 Å². The van der Waals surface area contributed by atoms with Crippen LogP contribution in [0.25, 0.3) is 0 Å². The van der Waals surface area contributed by atoms with Crippen molar-refractivity contribution in [3.05, 3.63) is 58.5 Å². The van der Waals surface area contributed by atoms with Crippen molar-refractivity contribution in [2.45, 2.75) is 13.0 Å². The van der Waals surface area contributed by atoms with Crippen LogP contribution in [0.3, 0.4) is 0 Å². The van der Waals surface area contributed by atoms with Crippen LogP contribution < -0.4 is 4.90 Å². The van der Waals surface area contributed by atoms with E-state index in [0.717, 1.165) is 5.69 Å². The van der Waals surface area contributed by atoms with Crippen molar-refractivity contribution in [2.24, 2.45) is 0 Å². The smallest absolute Gasteiger partial charge is 0.311 e. The van der Waals surface area contributed by atoms with Gasteiger partial charge in [-0.05, 0) is 25.1 Å². The molecule has 0 fully saturated rings. The van der Waals surface area contributed by atoms with Gasteiger partial charge in [-0.1, -0.05) is 6.07 Å². The van der Waals surface area contributed by atoms with Gasteiger partial charge in [0.05, 0.1) is 16.7 Å². The third-order valence-electron chi connectivity index (χ3n) is 2.99. The molecular weight excluding hydrogens is 244 g/mol. The Kier molecular flexibility index (Phi) is 3.70. The first-order chi connectivity index (χ1) is 9.11. The Bertz CT molecular complexity index is 574. The van der Waals surface area contributed by atoms with E-state index in [2.05, 4.69) is 9.97 Å². The summed E-state index contributed by atoms with van der Waals surface area (Å²) in [6.07, 6.45) is 3.25. The molecule has 0 bridgehead atoms. The Hall–Kier alpha value is -2.50. The van der Waals surface area contributed by atoms with E-state index in [1.54, 1.807) is 30.4 Å². The van der Waals surface area contributed by atoms with Crippen LogP contribution in [0.15, 0.2) is 42.7 Å². The highest BCUT2D eigenvalue weighted by atomic mass is 16.6. The van der Waals surface area contributed by atoms with Crippen LogP contribution in [-0.2, 0) is 0 Å². The van der Waals surface area contributed by atoms with Crippen molar-refractivity contribution in [3.63, 3.8) is 0 Å². The van der Waals surface area contributed by atoms with Gasteiger partial charge in [0.25, 0.3) is 0 Å². The molecule has 2 aromatic rings. The van der Waals surface area contributed by atoms with Gasteiger partial charge < -0.3 is 4.90 Å². The lowest BCUT2D eigenvalue weighted by Gasteiger charge is -2.24. The van der Waals surface area contributed by atoms with Crippen LogP contribution in [0.5, 0.6) is 0 Å². The molecular formula is C13H14N4O2. The summed E-state index contributed by atoms with van der Waals surface area (Å²) >= 11 is 0. The molecule has 0 aliphatic heterocycles. The van der Waals surface area contributed by atoms with E-state index in [0.29, 0.717) is 5.82 Å². The molecule has 0 aliphatic rings. The van der Waals surface area contributed by atoms with Crippen molar-refractivity contribution in [3.8, 4) is 0 Å². The summed E-state index contributed by atoms with van der Waals surface area (Å²) < 4.78 is 0. The van der Waals surface area contributed by atoms with Gasteiger partial charge in [0.1, 0.15) is 0 Å². The normalized spacial score (nSPS) is 11.9. The monoisotopic (exact) mass is 258 g/mol. The lowest BCUT2D eigenvalue weighted by molar-refractivity contribution is -0.384.